The van der Waals surface area contributed by atoms with Crippen molar-refractivity contribution in [1.29, 1.82) is 0 Å². The summed E-state index contributed by atoms with van der Waals surface area (Å²) in [6.45, 7) is 6.78. The first kappa shape index (κ1) is 11.1. The van der Waals surface area contributed by atoms with Crippen LogP contribution in [0.15, 0.2) is 30.5 Å². The average molecular weight is 216 g/mol. The van der Waals surface area contributed by atoms with Gasteiger partial charge in [-0.3, -0.25) is 0 Å². The van der Waals surface area contributed by atoms with Gasteiger partial charge in [0.15, 0.2) is 0 Å². The molecule has 0 amide bonds. The molecule has 16 heavy (non-hydrogen) atoms. The Kier molecular flexibility index (Phi) is 2.66. The Bertz CT molecular complexity index is 492. The second-order valence-corrected chi connectivity index (χ2v) is 4.67. The number of hydrogen-bond acceptors (Lipinski definition) is 1. The van der Waals surface area contributed by atoms with Crippen molar-refractivity contribution in [3.8, 4) is 0 Å². The van der Waals surface area contributed by atoms with Gasteiger partial charge in [0.1, 0.15) is 0 Å². The molecule has 1 aromatic heterocycles. The van der Waals surface area contributed by atoms with Gasteiger partial charge in [0.25, 0.3) is 0 Å². The number of fused-ring (bicyclic) bond motifs is 1. The molecule has 0 bridgehead atoms. The zero-order valence-electron chi connectivity index (χ0n) is 10.3. The van der Waals surface area contributed by atoms with Crippen LogP contribution in [0, 0.1) is 0 Å². The van der Waals surface area contributed by atoms with E-state index in [-0.39, 0.29) is 5.54 Å². The summed E-state index contributed by atoms with van der Waals surface area (Å²) in [5, 5.41) is 1.16. The zero-order valence-corrected chi connectivity index (χ0v) is 10.3. The fourth-order valence-corrected chi connectivity index (χ4v) is 2.25. The third kappa shape index (κ3) is 1.49. The van der Waals surface area contributed by atoms with Crippen molar-refractivity contribution in [2.75, 3.05) is 5.73 Å². The lowest BCUT2D eigenvalue weighted by molar-refractivity contribution is 0.304. The second kappa shape index (κ2) is 3.85. The Hall–Kier alpha value is -1.44. The van der Waals surface area contributed by atoms with Gasteiger partial charge in [0.2, 0.25) is 0 Å². The van der Waals surface area contributed by atoms with Crippen LogP contribution in [0.1, 0.15) is 33.6 Å². The third-order valence-corrected chi connectivity index (χ3v) is 3.87. The molecule has 0 fully saturated rings. The standard InChI is InChI=1S/C14H20N2/c1-4-14(3,5-2)16-10-9-11-12(15)7-6-8-13(11)16/h6-10H,4-5,15H2,1-3H3. The van der Waals surface area contributed by atoms with E-state index < -0.39 is 0 Å². The lowest BCUT2D eigenvalue weighted by Crippen LogP contribution is -2.27. The SMILES string of the molecule is CCC(C)(CC)n1ccc2c(N)cccc21. The van der Waals surface area contributed by atoms with Crippen molar-refractivity contribution >= 4 is 16.6 Å². The Balaban J connectivity index is 2.66. The van der Waals surface area contributed by atoms with E-state index >= 15 is 0 Å². The van der Waals surface area contributed by atoms with Crippen LogP contribution in [0.5, 0.6) is 0 Å². The molecule has 0 atom stereocenters. The number of rotatable bonds is 3. The van der Waals surface area contributed by atoms with Crippen LogP contribution in [0.4, 0.5) is 5.69 Å². The molecule has 0 unspecified atom stereocenters. The first-order chi connectivity index (χ1) is 7.62. The molecule has 0 aliphatic heterocycles. The first-order valence-electron chi connectivity index (χ1n) is 5.98. The van der Waals surface area contributed by atoms with E-state index in [1.54, 1.807) is 0 Å². The summed E-state index contributed by atoms with van der Waals surface area (Å²) in [6.07, 6.45) is 4.41. The van der Waals surface area contributed by atoms with Gasteiger partial charge >= 0.3 is 0 Å². The van der Waals surface area contributed by atoms with Crippen LogP contribution in [-0.2, 0) is 5.54 Å². The van der Waals surface area contributed by atoms with Gasteiger partial charge in [-0.05, 0) is 38.0 Å². The molecule has 2 aromatic rings. The predicted octanol–water partition coefficient (Wildman–Crippen LogP) is 3.76. The number of aromatic nitrogens is 1. The number of nitrogen functional groups attached to an aromatic ring is 1. The maximum atomic E-state index is 5.98. The van der Waals surface area contributed by atoms with E-state index in [9.17, 15) is 0 Å². The van der Waals surface area contributed by atoms with Crippen molar-refractivity contribution in [1.82, 2.24) is 4.57 Å². The summed E-state index contributed by atoms with van der Waals surface area (Å²) in [5.41, 5.74) is 8.28. The molecule has 0 saturated heterocycles. The molecule has 0 aliphatic carbocycles. The van der Waals surface area contributed by atoms with Crippen LogP contribution in [0.25, 0.3) is 10.9 Å². The Labute approximate surface area is 97.1 Å². The van der Waals surface area contributed by atoms with Gasteiger partial charge in [-0.25, -0.2) is 0 Å². The summed E-state index contributed by atoms with van der Waals surface area (Å²) in [7, 11) is 0. The summed E-state index contributed by atoms with van der Waals surface area (Å²) in [6, 6.07) is 8.26. The molecule has 2 rings (SSSR count). The molecule has 1 heterocycles. The molecule has 2 heteroatoms. The highest BCUT2D eigenvalue weighted by atomic mass is 15.0. The third-order valence-electron chi connectivity index (χ3n) is 3.87. The lowest BCUT2D eigenvalue weighted by atomic mass is 9.95. The van der Waals surface area contributed by atoms with Crippen molar-refractivity contribution in [3.05, 3.63) is 30.5 Å². The van der Waals surface area contributed by atoms with Gasteiger partial charge in [0.05, 0.1) is 5.52 Å². The second-order valence-electron chi connectivity index (χ2n) is 4.67. The Morgan fingerprint density at radius 3 is 2.50 bits per heavy atom. The molecule has 0 radical (unpaired) electrons. The van der Waals surface area contributed by atoms with Gasteiger partial charge in [0, 0.05) is 22.8 Å². The van der Waals surface area contributed by atoms with E-state index in [0.717, 1.165) is 23.9 Å². The van der Waals surface area contributed by atoms with E-state index in [2.05, 4.69) is 43.7 Å². The summed E-state index contributed by atoms with van der Waals surface area (Å²) < 4.78 is 2.36. The van der Waals surface area contributed by atoms with E-state index in [1.165, 1.54) is 5.52 Å². The topological polar surface area (TPSA) is 30.9 Å². The van der Waals surface area contributed by atoms with Gasteiger partial charge in [-0.2, -0.15) is 0 Å². The molecule has 86 valence electrons. The fourth-order valence-electron chi connectivity index (χ4n) is 2.25. The van der Waals surface area contributed by atoms with Crippen LogP contribution >= 0.6 is 0 Å². The normalized spacial score (nSPS) is 12.2. The molecule has 1 aromatic carbocycles. The first-order valence-corrected chi connectivity index (χ1v) is 5.98. The highest BCUT2D eigenvalue weighted by molar-refractivity contribution is 5.91. The highest BCUT2D eigenvalue weighted by Gasteiger charge is 2.23. The number of nitrogens with zero attached hydrogens (tertiary/aromatic N) is 1. The monoisotopic (exact) mass is 216 g/mol. The number of hydrogen-bond donors (Lipinski definition) is 1. The van der Waals surface area contributed by atoms with E-state index in [1.807, 2.05) is 12.1 Å². The lowest BCUT2D eigenvalue weighted by Gasteiger charge is -2.30. The van der Waals surface area contributed by atoms with Crippen molar-refractivity contribution in [2.24, 2.45) is 0 Å². The maximum absolute atomic E-state index is 5.98. The minimum atomic E-state index is 0.190. The molecule has 0 aliphatic rings. The van der Waals surface area contributed by atoms with Crippen molar-refractivity contribution in [2.45, 2.75) is 39.2 Å². The smallest absolute Gasteiger partial charge is 0.0506 e. The Morgan fingerprint density at radius 2 is 1.88 bits per heavy atom. The van der Waals surface area contributed by atoms with E-state index in [4.69, 9.17) is 5.73 Å². The van der Waals surface area contributed by atoms with Crippen LogP contribution in [0.2, 0.25) is 0 Å². The quantitative estimate of drug-likeness (QED) is 0.778. The molecule has 2 nitrogen and oxygen atoms in total. The average Bonchev–Trinajstić information content (AvgIpc) is 2.74. The van der Waals surface area contributed by atoms with E-state index in [0.29, 0.717) is 0 Å². The number of anilines is 1. The summed E-state index contributed by atoms with van der Waals surface area (Å²) in [5.74, 6) is 0. The largest absolute Gasteiger partial charge is 0.398 e. The molecule has 0 saturated carbocycles. The van der Waals surface area contributed by atoms with Crippen LogP contribution < -0.4 is 5.73 Å². The minimum absolute atomic E-state index is 0.190. The van der Waals surface area contributed by atoms with Crippen molar-refractivity contribution < 1.29 is 0 Å². The molecular weight excluding hydrogens is 196 g/mol. The van der Waals surface area contributed by atoms with Crippen molar-refractivity contribution in [3.63, 3.8) is 0 Å². The summed E-state index contributed by atoms with van der Waals surface area (Å²) in [4.78, 5) is 0. The molecule has 0 spiro atoms. The van der Waals surface area contributed by atoms with Crippen LogP contribution in [-0.4, -0.2) is 4.57 Å². The molecule has 2 N–H and O–H groups in total. The van der Waals surface area contributed by atoms with Gasteiger partial charge in [-0.1, -0.05) is 19.9 Å². The zero-order chi connectivity index (χ0) is 11.8. The fraction of sp³-hybridized carbons (Fsp3) is 0.429. The number of nitrogens with two attached hydrogens (primary N) is 1. The highest BCUT2D eigenvalue weighted by Crippen LogP contribution is 2.31. The van der Waals surface area contributed by atoms with Gasteiger partial charge < -0.3 is 10.3 Å². The Morgan fingerprint density at radius 1 is 1.19 bits per heavy atom. The maximum Gasteiger partial charge on any atom is 0.0506 e. The predicted molar refractivity (Wildman–Crippen MR) is 70.6 cm³/mol. The molecular formula is C14H20N2. The van der Waals surface area contributed by atoms with Gasteiger partial charge in [-0.15, -0.1) is 0 Å². The summed E-state index contributed by atoms with van der Waals surface area (Å²) >= 11 is 0. The minimum Gasteiger partial charge on any atom is -0.398 e. The number of benzene rings is 1. The van der Waals surface area contributed by atoms with Crippen LogP contribution in [0.3, 0.4) is 0 Å².